The summed E-state index contributed by atoms with van der Waals surface area (Å²) >= 11 is 3.38. The Morgan fingerprint density at radius 2 is 2.00 bits per heavy atom. The molecule has 0 bridgehead atoms. The van der Waals surface area contributed by atoms with E-state index in [0.29, 0.717) is 0 Å². The summed E-state index contributed by atoms with van der Waals surface area (Å²) in [5, 5.41) is 9.02. The van der Waals surface area contributed by atoms with Crippen molar-refractivity contribution in [3.63, 3.8) is 0 Å². The highest BCUT2D eigenvalue weighted by Gasteiger charge is 2.15. The number of anilines is 3. The van der Waals surface area contributed by atoms with E-state index in [1.807, 2.05) is 42.5 Å². The van der Waals surface area contributed by atoms with E-state index in [0.717, 1.165) is 40.1 Å². The third-order valence-corrected chi connectivity index (χ3v) is 3.69. The first kappa shape index (κ1) is 13.0. The van der Waals surface area contributed by atoms with Gasteiger partial charge in [0.25, 0.3) is 0 Å². The summed E-state index contributed by atoms with van der Waals surface area (Å²) < 4.78 is 0.931. The maximum atomic E-state index is 12.0. The van der Waals surface area contributed by atoms with Crippen molar-refractivity contribution in [2.75, 3.05) is 22.5 Å². The Morgan fingerprint density at radius 1 is 1.15 bits per heavy atom. The Kier molecular flexibility index (Phi) is 3.60. The van der Waals surface area contributed by atoms with Crippen LogP contribution in [0.4, 0.5) is 21.9 Å². The van der Waals surface area contributed by atoms with Gasteiger partial charge in [0.05, 0.1) is 0 Å². The summed E-state index contributed by atoms with van der Waals surface area (Å²) in [5.74, 6) is 0. The van der Waals surface area contributed by atoms with Crippen LogP contribution in [0.15, 0.2) is 46.9 Å². The molecule has 2 aromatic carbocycles. The van der Waals surface area contributed by atoms with Gasteiger partial charge in [-0.3, -0.25) is 0 Å². The van der Waals surface area contributed by atoms with E-state index in [9.17, 15) is 4.79 Å². The predicted molar refractivity (Wildman–Crippen MR) is 85.4 cm³/mol. The highest BCUT2D eigenvalue weighted by molar-refractivity contribution is 9.10. The molecule has 0 aliphatic carbocycles. The summed E-state index contributed by atoms with van der Waals surface area (Å²) in [4.78, 5) is 12.0. The Balaban J connectivity index is 1.72. The van der Waals surface area contributed by atoms with Crippen molar-refractivity contribution >= 4 is 39.0 Å². The van der Waals surface area contributed by atoms with E-state index in [-0.39, 0.29) is 6.03 Å². The minimum Gasteiger partial charge on any atom is -0.384 e. The molecule has 5 heteroatoms. The Bertz CT molecular complexity index is 657. The fraction of sp³-hybridized carbons (Fsp3) is 0.133. The number of benzene rings is 2. The van der Waals surface area contributed by atoms with E-state index in [4.69, 9.17) is 0 Å². The monoisotopic (exact) mass is 331 g/mol. The minimum atomic E-state index is -0.233. The van der Waals surface area contributed by atoms with Crippen LogP contribution < -0.4 is 16.0 Å². The van der Waals surface area contributed by atoms with Crippen molar-refractivity contribution in [3.8, 4) is 0 Å². The van der Waals surface area contributed by atoms with Gasteiger partial charge in [-0.15, -0.1) is 0 Å². The number of hydrogen-bond donors (Lipinski definition) is 3. The van der Waals surface area contributed by atoms with Crippen LogP contribution in [-0.2, 0) is 6.42 Å². The molecule has 0 radical (unpaired) electrons. The van der Waals surface area contributed by atoms with Crippen LogP contribution in [0.3, 0.4) is 0 Å². The lowest BCUT2D eigenvalue weighted by Crippen LogP contribution is -2.20. The number of urea groups is 1. The van der Waals surface area contributed by atoms with Crippen molar-refractivity contribution in [2.24, 2.45) is 0 Å². The average molecular weight is 332 g/mol. The second-order valence-corrected chi connectivity index (χ2v) is 5.51. The third-order valence-electron chi connectivity index (χ3n) is 3.20. The van der Waals surface area contributed by atoms with Gasteiger partial charge >= 0.3 is 6.03 Å². The molecular weight excluding hydrogens is 318 g/mol. The largest absolute Gasteiger partial charge is 0.384 e. The molecule has 0 atom stereocenters. The molecule has 0 aromatic heterocycles. The van der Waals surface area contributed by atoms with Gasteiger partial charge in [-0.2, -0.15) is 0 Å². The van der Waals surface area contributed by atoms with Crippen molar-refractivity contribution in [1.82, 2.24) is 0 Å². The number of halogens is 1. The van der Waals surface area contributed by atoms with Gasteiger partial charge in [-0.1, -0.05) is 28.1 Å². The standard InChI is InChI=1S/C15H14BrN3O/c16-10-3-1-4-11(9-10)18-15(20)19-14-6-2-5-13-12(14)7-8-17-13/h1-6,9,17H,7-8H2,(H2,18,19,20). The molecule has 0 spiro atoms. The lowest BCUT2D eigenvalue weighted by molar-refractivity contribution is 0.262. The van der Waals surface area contributed by atoms with E-state index in [2.05, 4.69) is 31.9 Å². The number of hydrogen-bond acceptors (Lipinski definition) is 2. The zero-order valence-electron chi connectivity index (χ0n) is 10.7. The average Bonchev–Trinajstić information content (AvgIpc) is 2.88. The first-order chi connectivity index (χ1) is 9.72. The molecule has 0 fully saturated rings. The molecule has 3 N–H and O–H groups in total. The van der Waals surface area contributed by atoms with Gasteiger partial charge in [0.2, 0.25) is 0 Å². The molecule has 0 unspecified atom stereocenters. The molecular formula is C15H14BrN3O. The minimum absolute atomic E-state index is 0.233. The van der Waals surface area contributed by atoms with Gasteiger partial charge < -0.3 is 16.0 Å². The summed E-state index contributed by atoms with van der Waals surface area (Å²) in [6, 6.07) is 13.2. The highest BCUT2D eigenvalue weighted by atomic mass is 79.9. The van der Waals surface area contributed by atoms with Gasteiger partial charge in [0.1, 0.15) is 0 Å². The van der Waals surface area contributed by atoms with Gasteiger partial charge in [0.15, 0.2) is 0 Å². The SMILES string of the molecule is O=C(Nc1cccc(Br)c1)Nc1cccc2c1CCN2. The lowest BCUT2D eigenvalue weighted by atomic mass is 10.1. The van der Waals surface area contributed by atoms with Crippen LogP contribution in [0.2, 0.25) is 0 Å². The molecule has 1 aliphatic heterocycles. The van der Waals surface area contributed by atoms with E-state index in [1.54, 1.807) is 0 Å². The summed E-state index contributed by atoms with van der Waals surface area (Å²) in [5.41, 5.74) is 3.88. The van der Waals surface area contributed by atoms with Gasteiger partial charge in [-0.25, -0.2) is 4.79 Å². The van der Waals surface area contributed by atoms with E-state index < -0.39 is 0 Å². The van der Waals surface area contributed by atoms with E-state index >= 15 is 0 Å². The van der Waals surface area contributed by atoms with Crippen molar-refractivity contribution in [1.29, 1.82) is 0 Å². The molecule has 0 saturated heterocycles. The summed E-state index contributed by atoms with van der Waals surface area (Å²) in [6.45, 7) is 0.918. The van der Waals surface area contributed by atoms with Crippen molar-refractivity contribution in [3.05, 3.63) is 52.5 Å². The smallest absolute Gasteiger partial charge is 0.323 e. The Hall–Kier alpha value is -2.01. The highest BCUT2D eigenvalue weighted by Crippen LogP contribution is 2.29. The zero-order chi connectivity index (χ0) is 13.9. The van der Waals surface area contributed by atoms with Crippen LogP contribution in [0.25, 0.3) is 0 Å². The number of amides is 2. The lowest BCUT2D eigenvalue weighted by Gasteiger charge is -2.11. The molecule has 0 saturated carbocycles. The van der Waals surface area contributed by atoms with Crippen LogP contribution in [0.5, 0.6) is 0 Å². The topological polar surface area (TPSA) is 53.2 Å². The third kappa shape index (κ3) is 2.77. The predicted octanol–water partition coefficient (Wildman–Crippen LogP) is 4.06. The van der Waals surface area contributed by atoms with Crippen LogP contribution >= 0.6 is 15.9 Å². The maximum Gasteiger partial charge on any atom is 0.323 e. The Morgan fingerprint density at radius 3 is 2.85 bits per heavy atom. The van der Waals surface area contributed by atoms with Crippen molar-refractivity contribution < 1.29 is 4.79 Å². The van der Waals surface area contributed by atoms with Gasteiger partial charge in [-0.05, 0) is 36.8 Å². The first-order valence-corrected chi connectivity index (χ1v) is 7.21. The fourth-order valence-corrected chi connectivity index (χ4v) is 2.71. The molecule has 2 amide bonds. The summed E-state index contributed by atoms with van der Waals surface area (Å²) in [6.07, 6.45) is 0.933. The second-order valence-electron chi connectivity index (χ2n) is 4.60. The van der Waals surface area contributed by atoms with Crippen LogP contribution in [-0.4, -0.2) is 12.6 Å². The molecule has 3 rings (SSSR count). The molecule has 2 aromatic rings. The molecule has 4 nitrogen and oxygen atoms in total. The van der Waals surface area contributed by atoms with Crippen molar-refractivity contribution in [2.45, 2.75) is 6.42 Å². The molecule has 1 aliphatic rings. The number of carbonyl (C=O) groups excluding carboxylic acids is 1. The number of rotatable bonds is 2. The number of fused-ring (bicyclic) bond motifs is 1. The molecule has 20 heavy (non-hydrogen) atoms. The summed E-state index contributed by atoms with van der Waals surface area (Å²) in [7, 11) is 0. The normalized spacial score (nSPS) is 12.4. The van der Waals surface area contributed by atoms with Crippen LogP contribution in [0, 0.1) is 0 Å². The maximum absolute atomic E-state index is 12.0. The number of carbonyl (C=O) groups is 1. The van der Waals surface area contributed by atoms with Crippen LogP contribution in [0.1, 0.15) is 5.56 Å². The molecule has 102 valence electrons. The number of nitrogens with one attached hydrogen (secondary N) is 3. The second kappa shape index (κ2) is 5.54. The molecule has 1 heterocycles. The van der Waals surface area contributed by atoms with Gasteiger partial charge in [0, 0.05) is 33.6 Å². The zero-order valence-corrected chi connectivity index (χ0v) is 12.3. The first-order valence-electron chi connectivity index (χ1n) is 6.42. The Labute approximate surface area is 125 Å². The fourth-order valence-electron chi connectivity index (χ4n) is 2.31. The quantitative estimate of drug-likeness (QED) is 0.777. The van der Waals surface area contributed by atoms with E-state index in [1.165, 1.54) is 0 Å².